The van der Waals surface area contributed by atoms with Crippen molar-refractivity contribution >= 4 is 0 Å². The molecule has 0 saturated carbocycles. The zero-order chi connectivity index (χ0) is 7.98. The van der Waals surface area contributed by atoms with E-state index in [1.54, 1.807) is 0 Å². The predicted molar refractivity (Wildman–Crippen MR) is 54.2 cm³/mol. The standard InChI is InChI=1S/C10H21.CH3.Rf/c1-5-7-10(4)8-9(3)6-2;;/h5,9-10H,6-8H2,1-4H3;1H3;/q2*-1;. The van der Waals surface area contributed by atoms with Crippen LogP contribution in [0.4, 0.5) is 0 Å². The Labute approximate surface area is 73.4 Å². The van der Waals surface area contributed by atoms with Gasteiger partial charge in [-0.3, -0.25) is 0 Å². The summed E-state index contributed by atoms with van der Waals surface area (Å²) in [7, 11) is 0. The van der Waals surface area contributed by atoms with Gasteiger partial charge in [0, 0.05) is 0 Å². The minimum atomic E-state index is 0. The first-order valence-electron chi connectivity index (χ1n) is 4.48. The van der Waals surface area contributed by atoms with Crippen LogP contribution in [0.25, 0.3) is 0 Å². The Morgan fingerprint density at radius 3 is 2.00 bits per heavy atom. The molecular formula is C11H24Rf-2. The summed E-state index contributed by atoms with van der Waals surface area (Å²) in [6, 6.07) is 0. The molecule has 2 unspecified atom stereocenters. The second kappa shape index (κ2) is 10.0. The molecule has 0 heterocycles. The summed E-state index contributed by atoms with van der Waals surface area (Å²) in [6.07, 6.45) is 6.27. The molecule has 0 aromatic rings. The molecule has 0 bridgehead atoms. The molecule has 0 aromatic carbocycles. The average molecular weight is 423 g/mol. The Kier molecular flexibility index (Phi) is 14.3. The molecule has 0 nitrogen and oxygen atoms in total. The molecule has 0 aliphatic carbocycles. The molecule has 1 heteroatoms. The maximum Gasteiger partial charge on any atom is 0 e. The van der Waals surface area contributed by atoms with Crippen LogP contribution in [-0.2, 0) is 0 Å². The number of rotatable bonds is 5. The van der Waals surface area contributed by atoms with Gasteiger partial charge in [0.05, 0.1) is 0 Å². The third-order valence-electron chi connectivity index (χ3n) is 2.14. The van der Waals surface area contributed by atoms with Crippen LogP contribution in [0.2, 0.25) is 0 Å². The van der Waals surface area contributed by atoms with Crippen molar-refractivity contribution in [1.29, 1.82) is 0 Å². The van der Waals surface area contributed by atoms with Crippen molar-refractivity contribution in [2.24, 2.45) is 11.8 Å². The fourth-order valence-corrected chi connectivity index (χ4v) is 1.35. The molecule has 2 atom stereocenters. The van der Waals surface area contributed by atoms with Crippen molar-refractivity contribution in [3.8, 4) is 0 Å². The van der Waals surface area contributed by atoms with E-state index in [0.717, 1.165) is 11.8 Å². The molecule has 0 spiro atoms. The molecule has 72 valence electrons. The Hall–Kier alpha value is -1.00. The Morgan fingerprint density at radius 1 is 1.17 bits per heavy atom. The minimum absolute atomic E-state index is 0. The molecule has 0 fully saturated rings. The smallest absolute Gasteiger partial charge is 0 e. The van der Waals surface area contributed by atoms with E-state index in [2.05, 4.69) is 34.1 Å². The Morgan fingerprint density at radius 2 is 1.67 bits per heavy atom. The van der Waals surface area contributed by atoms with Crippen molar-refractivity contribution < 1.29 is 0 Å². The second-order valence-electron chi connectivity index (χ2n) is 3.50. The molecule has 0 aliphatic heterocycles. The fraction of sp³-hybridized carbons (Fsp3) is 0.818. The number of hydrogen-bond acceptors (Lipinski definition) is 0. The topological polar surface area (TPSA) is 0 Å². The van der Waals surface area contributed by atoms with Gasteiger partial charge in [0.15, 0.2) is 0 Å². The zero-order valence-corrected chi connectivity index (χ0v) is 16.0. The molecular weight excluding hydrogens is 399 g/mol. The van der Waals surface area contributed by atoms with E-state index < -0.39 is 0 Å². The predicted octanol–water partition coefficient (Wildman–Crippen LogP) is 4.12. The van der Waals surface area contributed by atoms with Gasteiger partial charge >= 0.3 is 0 Å². The van der Waals surface area contributed by atoms with Crippen LogP contribution in [0.15, 0.2) is 0 Å². The maximum absolute atomic E-state index is 2.34. The van der Waals surface area contributed by atoms with Crippen LogP contribution in [0.3, 0.4) is 0 Å². The van der Waals surface area contributed by atoms with Gasteiger partial charge < -0.3 is 13.8 Å². The van der Waals surface area contributed by atoms with E-state index in [1.807, 2.05) is 0 Å². The molecule has 0 aromatic heterocycles. The van der Waals surface area contributed by atoms with E-state index >= 15 is 0 Å². The third kappa shape index (κ3) is 9.00. The summed E-state index contributed by atoms with van der Waals surface area (Å²) in [5, 5.41) is 0. The molecule has 0 rings (SSSR count). The molecule has 0 radical (unpaired) electrons. The van der Waals surface area contributed by atoms with Crippen LogP contribution in [-0.4, -0.2) is 0 Å². The first-order chi connectivity index (χ1) is 4.70. The van der Waals surface area contributed by atoms with E-state index in [4.69, 9.17) is 0 Å². The third-order valence-corrected chi connectivity index (χ3v) is 2.14. The minimum Gasteiger partial charge on any atom is -0.358 e. The quantitative estimate of drug-likeness (QED) is 0.584. The monoisotopic (exact) mass is 423 g/mol. The summed E-state index contributed by atoms with van der Waals surface area (Å²) in [6.45, 7) is 9.10. The summed E-state index contributed by atoms with van der Waals surface area (Å²) in [5.41, 5.74) is 0. The van der Waals surface area contributed by atoms with Gasteiger partial charge in [0.1, 0.15) is 0 Å². The molecule has 0 saturated heterocycles. The largest absolute Gasteiger partial charge is 0.358 e. The van der Waals surface area contributed by atoms with Crippen molar-refractivity contribution in [2.45, 2.75) is 47.0 Å². The van der Waals surface area contributed by atoms with Gasteiger partial charge in [-0.2, -0.15) is 13.3 Å². The van der Waals surface area contributed by atoms with E-state index in [1.165, 1.54) is 19.3 Å². The Balaban J connectivity index is -0.000000405. The molecule has 0 amide bonds. The van der Waals surface area contributed by atoms with E-state index in [-0.39, 0.29) is 7.43 Å². The van der Waals surface area contributed by atoms with Crippen LogP contribution < -0.4 is 0 Å². The molecule has 0 N–H and O–H groups in total. The summed E-state index contributed by atoms with van der Waals surface area (Å²) >= 11 is 0. The average Bonchev–Trinajstić information content (AvgIpc) is 1.88. The van der Waals surface area contributed by atoms with Crippen LogP contribution in [0.5, 0.6) is 0 Å². The molecule has 12 heavy (non-hydrogen) atoms. The van der Waals surface area contributed by atoms with Crippen molar-refractivity contribution in [2.75, 3.05) is 0 Å². The Bertz CT molecular complexity index is 71.4. The van der Waals surface area contributed by atoms with Crippen LogP contribution in [0.1, 0.15) is 47.0 Å². The summed E-state index contributed by atoms with van der Waals surface area (Å²) in [4.78, 5) is 0. The van der Waals surface area contributed by atoms with E-state index in [0.29, 0.717) is 0 Å². The SMILES string of the molecule is C[CH-]CC(C)CC(C)CC.[CH3-].[Rf]. The normalized spacial score (nSPS) is 14.0. The van der Waals surface area contributed by atoms with Crippen LogP contribution >= 0.6 is 0 Å². The number of hydrogen-bond donors (Lipinski definition) is 0. The summed E-state index contributed by atoms with van der Waals surface area (Å²) < 4.78 is 0. The zero-order valence-electron chi connectivity index (χ0n) is 9.56. The van der Waals surface area contributed by atoms with Gasteiger partial charge in [0.25, 0.3) is 0 Å². The van der Waals surface area contributed by atoms with Gasteiger partial charge in [-0.05, 0) is 5.92 Å². The van der Waals surface area contributed by atoms with Gasteiger partial charge in [0.2, 0.25) is 0 Å². The van der Waals surface area contributed by atoms with Crippen molar-refractivity contribution in [3.63, 3.8) is 0 Å². The summed E-state index contributed by atoms with van der Waals surface area (Å²) in [5.74, 6) is 1.80. The first kappa shape index (κ1) is 17.2. The fourth-order valence-electron chi connectivity index (χ4n) is 1.35. The van der Waals surface area contributed by atoms with Gasteiger partial charge in [-0.25, -0.2) is 0 Å². The second-order valence-corrected chi connectivity index (χ2v) is 3.50. The van der Waals surface area contributed by atoms with Crippen molar-refractivity contribution in [3.05, 3.63) is 13.8 Å². The van der Waals surface area contributed by atoms with Crippen LogP contribution in [0, 0.1) is 25.7 Å². The maximum atomic E-state index is 2.34. The van der Waals surface area contributed by atoms with Gasteiger partial charge in [-0.15, -0.1) is 0 Å². The molecule has 0 aliphatic rings. The van der Waals surface area contributed by atoms with Crippen molar-refractivity contribution in [1.82, 2.24) is 0 Å². The van der Waals surface area contributed by atoms with E-state index in [9.17, 15) is 0 Å². The first-order valence-corrected chi connectivity index (χ1v) is 4.48. The van der Waals surface area contributed by atoms with Gasteiger partial charge in [-0.1, -0.05) is 39.5 Å².